The van der Waals surface area contributed by atoms with Crippen LogP contribution < -0.4 is 16.8 Å². The molecular weight excluding hydrogens is 526 g/mol. The number of nitrogens with one attached hydrogen (secondary N) is 1. The number of nitrogen functional groups attached to an aromatic ring is 1. The zero-order valence-corrected chi connectivity index (χ0v) is 20.1. The number of rotatable bonds is 8. The molecule has 2 atom stereocenters. The number of thioether (sulfide) groups is 2. The third-order valence-corrected chi connectivity index (χ3v) is 8.98. The van der Waals surface area contributed by atoms with E-state index in [0.29, 0.717) is 9.78 Å². The van der Waals surface area contributed by atoms with E-state index in [1.807, 2.05) is 0 Å². The van der Waals surface area contributed by atoms with Gasteiger partial charge in [-0.2, -0.15) is 0 Å². The van der Waals surface area contributed by atoms with Crippen molar-refractivity contribution in [2.75, 3.05) is 17.2 Å². The second-order valence-electron chi connectivity index (χ2n) is 6.78. The molecule has 2 aromatic rings. The molecule has 4 rings (SSSR count). The first-order valence-corrected chi connectivity index (χ1v) is 13.0. The second kappa shape index (κ2) is 9.61. The summed E-state index contributed by atoms with van der Waals surface area (Å²) >= 11 is 4.74. The van der Waals surface area contributed by atoms with Gasteiger partial charge in [-0.05, 0) is 5.57 Å². The van der Waals surface area contributed by atoms with Gasteiger partial charge >= 0.3 is 5.97 Å². The number of carboxylic acid groups (broad SMARTS) is 1. The molecule has 13 nitrogen and oxygen atoms in total. The van der Waals surface area contributed by atoms with Gasteiger partial charge in [0.2, 0.25) is 0 Å². The number of nitrogens with two attached hydrogens (primary N) is 2. The van der Waals surface area contributed by atoms with E-state index in [-0.39, 0.29) is 33.7 Å². The van der Waals surface area contributed by atoms with Crippen LogP contribution in [0.5, 0.6) is 0 Å². The number of nitrogens with zero attached hydrogens (tertiary/aromatic N) is 4. The van der Waals surface area contributed by atoms with E-state index in [1.165, 1.54) is 45.8 Å². The molecule has 1 fully saturated rings. The first-order valence-electron chi connectivity index (χ1n) is 9.23. The second-order valence-corrected chi connectivity index (χ2v) is 10.9. The highest BCUT2D eigenvalue weighted by Gasteiger charge is 2.54. The Bertz CT molecular complexity index is 1250. The van der Waals surface area contributed by atoms with Gasteiger partial charge in [0.25, 0.3) is 17.7 Å². The van der Waals surface area contributed by atoms with Gasteiger partial charge in [-0.25, -0.2) is 14.8 Å². The highest BCUT2D eigenvalue weighted by atomic mass is 32.2. The van der Waals surface area contributed by atoms with Crippen LogP contribution in [0.25, 0.3) is 0 Å². The van der Waals surface area contributed by atoms with Crippen molar-refractivity contribution in [2.45, 2.75) is 15.6 Å². The van der Waals surface area contributed by atoms with E-state index >= 15 is 0 Å². The molecule has 2 aromatic heterocycles. The first kappa shape index (κ1) is 24.0. The molecule has 17 heteroatoms. The molecule has 0 aromatic carbocycles. The Morgan fingerprint density at radius 2 is 2.12 bits per heavy atom. The lowest BCUT2D eigenvalue weighted by atomic mass is 10.0. The van der Waals surface area contributed by atoms with Gasteiger partial charge < -0.3 is 27.1 Å². The van der Waals surface area contributed by atoms with Crippen molar-refractivity contribution in [1.82, 2.24) is 20.2 Å². The lowest BCUT2D eigenvalue weighted by molar-refractivity contribution is -0.150. The number of hydrogen-bond acceptors (Lipinski definition) is 13. The normalized spacial score (nSPS) is 20.1. The summed E-state index contributed by atoms with van der Waals surface area (Å²) in [5.74, 6) is -2.94. The summed E-state index contributed by atoms with van der Waals surface area (Å²) < 4.78 is 0.551. The molecule has 7 N–H and O–H groups in total. The van der Waals surface area contributed by atoms with Crippen molar-refractivity contribution >= 4 is 80.7 Å². The number of aliphatic carboxylic acids is 1. The average molecular weight is 542 g/mol. The van der Waals surface area contributed by atoms with Crippen LogP contribution >= 0.6 is 46.2 Å². The zero-order valence-electron chi connectivity index (χ0n) is 16.8. The molecule has 2 aliphatic rings. The van der Waals surface area contributed by atoms with E-state index < -0.39 is 40.8 Å². The van der Waals surface area contributed by atoms with Crippen molar-refractivity contribution in [3.05, 3.63) is 33.5 Å². The van der Waals surface area contributed by atoms with E-state index in [4.69, 9.17) is 11.5 Å². The fraction of sp³-hybridized carbons (Fsp3) is 0.235. The van der Waals surface area contributed by atoms with Crippen LogP contribution in [0.4, 0.5) is 5.13 Å². The number of β-lactam (4-membered cyclic amide) rings is 1. The highest BCUT2D eigenvalue weighted by molar-refractivity contribution is 8.02. The predicted octanol–water partition coefficient (Wildman–Crippen LogP) is -0.0101. The molecule has 0 radical (unpaired) electrons. The number of aromatic nitrogens is 2. The van der Waals surface area contributed by atoms with E-state index in [2.05, 4.69) is 20.4 Å². The molecule has 2 aliphatic heterocycles. The van der Waals surface area contributed by atoms with Crippen LogP contribution in [0, 0.1) is 0 Å². The number of carbonyl (C=O) groups excluding carboxylic acids is 3. The number of carboxylic acids is 1. The Hall–Kier alpha value is -3.15. The predicted molar refractivity (Wildman–Crippen MR) is 126 cm³/mol. The summed E-state index contributed by atoms with van der Waals surface area (Å²) in [6, 6.07) is -1.02. The van der Waals surface area contributed by atoms with Crippen molar-refractivity contribution in [3.8, 4) is 0 Å². The van der Waals surface area contributed by atoms with Crippen molar-refractivity contribution in [3.63, 3.8) is 0 Å². The lowest BCUT2D eigenvalue weighted by Gasteiger charge is -2.49. The number of primary amides is 1. The monoisotopic (exact) mass is 541 g/mol. The number of hydrogen-bond donors (Lipinski definition) is 5. The van der Waals surface area contributed by atoms with Crippen LogP contribution in [0.1, 0.15) is 16.2 Å². The molecule has 178 valence electrons. The number of oxime groups is 1. The SMILES string of the molecule is NC(=O)c1ncsc1SCC1=C(C(=O)O)N2C(=O)C(NC(=O)/C(=N\O)c3csc(N)n3)[C@@H]2SC1. The van der Waals surface area contributed by atoms with Gasteiger partial charge in [0, 0.05) is 16.9 Å². The maximum absolute atomic E-state index is 12.8. The van der Waals surface area contributed by atoms with Gasteiger partial charge in [0.1, 0.15) is 22.8 Å². The summed E-state index contributed by atoms with van der Waals surface area (Å²) in [6.07, 6.45) is 0. The molecule has 0 aliphatic carbocycles. The van der Waals surface area contributed by atoms with Gasteiger partial charge in [-0.15, -0.1) is 46.2 Å². The lowest BCUT2D eigenvalue weighted by Crippen LogP contribution is -2.71. The Balaban J connectivity index is 1.49. The average Bonchev–Trinajstić information content (AvgIpc) is 3.44. The Morgan fingerprint density at radius 3 is 2.74 bits per heavy atom. The van der Waals surface area contributed by atoms with Crippen LogP contribution in [0.2, 0.25) is 0 Å². The van der Waals surface area contributed by atoms with Gasteiger partial charge in [-0.1, -0.05) is 5.16 Å². The Morgan fingerprint density at radius 1 is 1.35 bits per heavy atom. The minimum absolute atomic E-state index is 0.0475. The summed E-state index contributed by atoms with van der Waals surface area (Å²) in [7, 11) is 0. The molecule has 34 heavy (non-hydrogen) atoms. The summed E-state index contributed by atoms with van der Waals surface area (Å²) in [5.41, 5.74) is 12.4. The number of fused-ring (bicyclic) bond motifs is 1. The molecule has 4 heterocycles. The molecule has 0 spiro atoms. The fourth-order valence-electron chi connectivity index (χ4n) is 3.27. The standard InChI is InChI=1S/C17H15N7O6S4/c18-11(25)8-16(34-4-20-8)32-2-5-1-31-14-9(13(27)24(14)10(5)15(28)29)22-12(26)7(23-30)6-3-33-17(19)21-6/h3-4,9,14,30H,1-2H2,(H2,18,25)(H2,19,21)(H,22,26)(H,28,29)/b23-7-/t9?,14-/m0/s1. The van der Waals surface area contributed by atoms with Gasteiger partial charge in [-0.3, -0.25) is 19.3 Å². The number of anilines is 1. The summed E-state index contributed by atoms with van der Waals surface area (Å²) in [6.45, 7) is 0. The number of carbonyl (C=O) groups is 4. The number of thiazole rings is 2. The van der Waals surface area contributed by atoms with Crippen molar-refractivity contribution < 1.29 is 29.5 Å². The van der Waals surface area contributed by atoms with Crippen LogP contribution in [0.3, 0.4) is 0 Å². The molecule has 3 amide bonds. The molecular formula is C17H15N7O6S4. The van der Waals surface area contributed by atoms with E-state index in [9.17, 15) is 29.5 Å². The van der Waals surface area contributed by atoms with Crippen molar-refractivity contribution in [2.24, 2.45) is 10.9 Å². The third kappa shape index (κ3) is 4.33. The van der Waals surface area contributed by atoms with Crippen LogP contribution in [-0.2, 0) is 14.4 Å². The molecule has 0 bridgehead atoms. The Labute approximate surface area is 207 Å². The zero-order chi connectivity index (χ0) is 24.6. The summed E-state index contributed by atoms with van der Waals surface area (Å²) in [4.78, 5) is 57.8. The topological polar surface area (TPSA) is 214 Å². The first-order chi connectivity index (χ1) is 16.2. The fourth-order valence-corrected chi connectivity index (χ4v) is 7.22. The highest BCUT2D eigenvalue weighted by Crippen LogP contribution is 2.42. The van der Waals surface area contributed by atoms with Crippen molar-refractivity contribution in [1.29, 1.82) is 0 Å². The quantitative estimate of drug-likeness (QED) is 0.0984. The minimum Gasteiger partial charge on any atom is -0.477 e. The maximum atomic E-state index is 12.8. The Kier molecular flexibility index (Phi) is 6.78. The van der Waals surface area contributed by atoms with Gasteiger partial charge in [0.05, 0.1) is 9.72 Å². The van der Waals surface area contributed by atoms with Gasteiger partial charge in [0.15, 0.2) is 16.5 Å². The minimum atomic E-state index is -1.28. The van der Waals surface area contributed by atoms with E-state index in [0.717, 1.165) is 16.2 Å². The molecule has 1 saturated heterocycles. The molecule has 1 unspecified atom stereocenters. The molecule has 0 saturated carbocycles. The van der Waals surface area contributed by atoms with Crippen LogP contribution in [-0.4, -0.2) is 77.5 Å². The van der Waals surface area contributed by atoms with E-state index in [1.54, 1.807) is 0 Å². The maximum Gasteiger partial charge on any atom is 0.352 e. The third-order valence-electron chi connectivity index (χ3n) is 4.76. The number of amides is 3. The van der Waals surface area contributed by atoms with Crippen LogP contribution in [0.15, 0.2) is 31.5 Å². The summed E-state index contributed by atoms with van der Waals surface area (Å²) in [5, 5.41) is 25.4. The smallest absolute Gasteiger partial charge is 0.352 e. The largest absolute Gasteiger partial charge is 0.477 e.